The molecule has 102 valence electrons. The zero-order chi connectivity index (χ0) is 14.0. The lowest BCUT2D eigenvalue weighted by molar-refractivity contribution is 0.296. The zero-order valence-corrected chi connectivity index (χ0v) is 11.3. The van der Waals surface area contributed by atoms with Crippen molar-refractivity contribution in [2.24, 2.45) is 7.05 Å². The highest BCUT2D eigenvalue weighted by Crippen LogP contribution is 2.26. The minimum absolute atomic E-state index is 0.0663. The summed E-state index contributed by atoms with van der Waals surface area (Å²) in [4.78, 5) is 4.44. The fraction of sp³-hybridized carbons (Fsp3) is 0.357. The molecule has 1 aromatic carbocycles. The van der Waals surface area contributed by atoms with Gasteiger partial charge in [0.05, 0.1) is 12.8 Å². The van der Waals surface area contributed by atoms with Crippen molar-refractivity contribution in [3.63, 3.8) is 0 Å². The summed E-state index contributed by atoms with van der Waals surface area (Å²) < 4.78 is 20.5. The van der Waals surface area contributed by atoms with Crippen LogP contribution >= 0.6 is 0 Å². The second kappa shape index (κ2) is 5.40. The van der Waals surface area contributed by atoms with Gasteiger partial charge in [0, 0.05) is 31.3 Å². The van der Waals surface area contributed by atoms with E-state index in [0.29, 0.717) is 17.8 Å². The zero-order valence-electron chi connectivity index (χ0n) is 11.3. The number of imidazole rings is 1. The maximum absolute atomic E-state index is 13.7. The van der Waals surface area contributed by atoms with Crippen molar-refractivity contribution in [1.29, 1.82) is 0 Å². The Bertz CT molecular complexity index is 593. The van der Waals surface area contributed by atoms with Crippen molar-refractivity contribution < 1.29 is 14.2 Å². The normalized spacial score (nSPS) is 10.8. The van der Waals surface area contributed by atoms with Gasteiger partial charge in [-0.1, -0.05) is 0 Å². The summed E-state index contributed by atoms with van der Waals surface area (Å²) in [6, 6.07) is 4.76. The van der Waals surface area contributed by atoms with Crippen LogP contribution < -0.4 is 4.74 Å². The number of aromatic nitrogens is 2. The molecule has 0 fully saturated rings. The van der Waals surface area contributed by atoms with E-state index in [0.717, 1.165) is 11.4 Å². The van der Waals surface area contributed by atoms with Crippen LogP contribution in [-0.2, 0) is 13.5 Å². The summed E-state index contributed by atoms with van der Waals surface area (Å²) in [5.41, 5.74) is 2.49. The van der Waals surface area contributed by atoms with Gasteiger partial charge >= 0.3 is 0 Å². The molecule has 0 saturated carbocycles. The maximum Gasteiger partial charge on any atom is 0.165 e. The summed E-state index contributed by atoms with van der Waals surface area (Å²) in [5, 5.41) is 9.04. The minimum Gasteiger partial charge on any atom is -0.494 e. The van der Waals surface area contributed by atoms with Gasteiger partial charge in [-0.25, -0.2) is 9.37 Å². The van der Waals surface area contributed by atoms with Gasteiger partial charge < -0.3 is 14.4 Å². The molecule has 0 bridgehead atoms. The fourth-order valence-electron chi connectivity index (χ4n) is 2.19. The van der Waals surface area contributed by atoms with Crippen LogP contribution in [0, 0.1) is 12.7 Å². The van der Waals surface area contributed by atoms with E-state index in [4.69, 9.17) is 9.84 Å². The Balaban J connectivity index is 2.47. The molecular weight excluding hydrogens is 247 g/mol. The Morgan fingerprint density at radius 2 is 2.16 bits per heavy atom. The molecule has 0 atom stereocenters. The van der Waals surface area contributed by atoms with E-state index in [1.807, 2.05) is 18.5 Å². The van der Waals surface area contributed by atoms with Crippen LogP contribution in [0.2, 0.25) is 0 Å². The van der Waals surface area contributed by atoms with Crippen LogP contribution in [0.3, 0.4) is 0 Å². The highest BCUT2D eigenvalue weighted by atomic mass is 19.1. The molecule has 2 aromatic rings. The van der Waals surface area contributed by atoms with Gasteiger partial charge in [0.15, 0.2) is 11.6 Å². The van der Waals surface area contributed by atoms with Gasteiger partial charge in [-0.3, -0.25) is 0 Å². The number of hydrogen-bond donors (Lipinski definition) is 1. The molecule has 0 radical (unpaired) electrons. The molecule has 0 saturated heterocycles. The Hall–Kier alpha value is -1.88. The largest absolute Gasteiger partial charge is 0.494 e. The van der Waals surface area contributed by atoms with Gasteiger partial charge in [-0.15, -0.1) is 0 Å². The number of rotatable bonds is 4. The highest BCUT2D eigenvalue weighted by Gasteiger charge is 2.14. The van der Waals surface area contributed by atoms with Gasteiger partial charge in [0.25, 0.3) is 0 Å². The Labute approximate surface area is 111 Å². The number of hydrogen-bond acceptors (Lipinski definition) is 3. The summed E-state index contributed by atoms with van der Waals surface area (Å²) in [7, 11) is 3.30. The molecule has 1 N–H and O–H groups in total. The third-order valence-corrected chi connectivity index (χ3v) is 3.17. The van der Waals surface area contributed by atoms with E-state index in [1.54, 1.807) is 12.1 Å². The molecule has 5 heteroatoms. The number of aryl methyl sites for hydroxylation is 1. The van der Waals surface area contributed by atoms with Crippen LogP contribution in [0.25, 0.3) is 11.4 Å². The second-order valence-corrected chi connectivity index (χ2v) is 4.35. The van der Waals surface area contributed by atoms with Crippen LogP contribution in [0.1, 0.15) is 11.4 Å². The number of aliphatic hydroxyl groups excluding tert-OH is 1. The molecule has 0 unspecified atom stereocenters. The third-order valence-electron chi connectivity index (χ3n) is 3.17. The highest BCUT2D eigenvalue weighted by molar-refractivity contribution is 5.58. The molecule has 1 heterocycles. The quantitative estimate of drug-likeness (QED) is 0.919. The van der Waals surface area contributed by atoms with E-state index in [9.17, 15) is 4.39 Å². The summed E-state index contributed by atoms with van der Waals surface area (Å²) >= 11 is 0. The van der Waals surface area contributed by atoms with Crippen molar-refractivity contribution >= 4 is 0 Å². The van der Waals surface area contributed by atoms with Crippen molar-refractivity contribution in [3.8, 4) is 17.1 Å². The van der Waals surface area contributed by atoms with Gasteiger partial charge in [-0.05, 0) is 25.1 Å². The molecular formula is C14H17FN2O2. The Morgan fingerprint density at radius 3 is 2.74 bits per heavy atom. The van der Waals surface area contributed by atoms with Crippen LogP contribution in [0.5, 0.6) is 5.75 Å². The number of halogens is 1. The van der Waals surface area contributed by atoms with Crippen LogP contribution in [-0.4, -0.2) is 28.4 Å². The molecule has 0 amide bonds. The fourth-order valence-corrected chi connectivity index (χ4v) is 2.19. The lowest BCUT2D eigenvalue weighted by atomic mass is 10.2. The first kappa shape index (κ1) is 13.5. The van der Waals surface area contributed by atoms with Crippen molar-refractivity contribution in [1.82, 2.24) is 9.55 Å². The molecule has 19 heavy (non-hydrogen) atoms. The first-order valence-corrected chi connectivity index (χ1v) is 6.05. The van der Waals surface area contributed by atoms with E-state index >= 15 is 0 Å². The predicted molar refractivity (Wildman–Crippen MR) is 70.7 cm³/mol. The monoisotopic (exact) mass is 264 g/mol. The number of benzene rings is 1. The van der Waals surface area contributed by atoms with Crippen molar-refractivity contribution in [2.45, 2.75) is 13.3 Å². The summed E-state index contributed by atoms with van der Waals surface area (Å²) in [6.45, 7) is 1.95. The topological polar surface area (TPSA) is 47.3 Å². The summed E-state index contributed by atoms with van der Waals surface area (Å²) in [5.74, 6) is 0.483. The third kappa shape index (κ3) is 2.46. The van der Waals surface area contributed by atoms with Crippen molar-refractivity contribution in [2.75, 3.05) is 13.7 Å². The maximum atomic E-state index is 13.7. The lowest BCUT2D eigenvalue weighted by Crippen LogP contribution is -2.02. The number of aliphatic hydroxyl groups is 1. The minimum atomic E-state index is -0.413. The van der Waals surface area contributed by atoms with Crippen LogP contribution in [0.15, 0.2) is 18.2 Å². The van der Waals surface area contributed by atoms with E-state index in [1.165, 1.54) is 13.2 Å². The summed E-state index contributed by atoms with van der Waals surface area (Å²) in [6.07, 6.45) is 0.536. The van der Waals surface area contributed by atoms with Gasteiger partial charge in [0.1, 0.15) is 5.82 Å². The van der Waals surface area contributed by atoms with Crippen LogP contribution in [0.4, 0.5) is 4.39 Å². The SMILES string of the molecule is COc1ccc(-c2nc(C)c(CCO)n2C)cc1F. The molecule has 0 aliphatic heterocycles. The number of nitrogens with zero attached hydrogens (tertiary/aromatic N) is 2. The van der Waals surface area contributed by atoms with E-state index in [-0.39, 0.29) is 12.4 Å². The number of ether oxygens (including phenoxy) is 1. The number of methoxy groups -OCH3 is 1. The molecule has 4 nitrogen and oxygen atoms in total. The van der Waals surface area contributed by atoms with E-state index in [2.05, 4.69) is 4.98 Å². The predicted octanol–water partition coefficient (Wildman–Crippen LogP) is 2.08. The second-order valence-electron chi connectivity index (χ2n) is 4.35. The first-order valence-electron chi connectivity index (χ1n) is 6.05. The average molecular weight is 264 g/mol. The molecule has 2 rings (SSSR count). The first-order chi connectivity index (χ1) is 9.08. The average Bonchev–Trinajstić information content (AvgIpc) is 2.67. The molecule has 0 spiro atoms. The van der Waals surface area contributed by atoms with Gasteiger partial charge in [-0.2, -0.15) is 0 Å². The molecule has 1 aromatic heterocycles. The standard InChI is InChI=1S/C14H17FN2O2/c1-9-12(6-7-18)17(2)14(16-9)10-4-5-13(19-3)11(15)8-10/h4-5,8,18H,6-7H2,1-3H3. The molecule has 0 aliphatic rings. The Kier molecular flexibility index (Phi) is 3.85. The van der Waals surface area contributed by atoms with Crippen molar-refractivity contribution in [3.05, 3.63) is 35.4 Å². The van der Waals surface area contributed by atoms with Gasteiger partial charge in [0.2, 0.25) is 0 Å². The molecule has 0 aliphatic carbocycles. The van der Waals surface area contributed by atoms with E-state index < -0.39 is 5.82 Å². The lowest BCUT2D eigenvalue weighted by Gasteiger charge is -2.07. The smallest absolute Gasteiger partial charge is 0.165 e. The Morgan fingerprint density at radius 1 is 1.42 bits per heavy atom.